The largest absolute Gasteiger partial charge is 0.339 e. The van der Waals surface area contributed by atoms with Crippen LogP contribution in [0.25, 0.3) is 0 Å². The molecule has 1 saturated heterocycles. The zero-order valence-electron chi connectivity index (χ0n) is 9.15. The van der Waals surface area contributed by atoms with E-state index in [0.29, 0.717) is 18.1 Å². The zero-order chi connectivity index (χ0) is 11.5. The molecular formula is C10H14ClN3O2. The summed E-state index contributed by atoms with van der Waals surface area (Å²) in [5, 5.41) is 3.91. The van der Waals surface area contributed by atoms with Crippen LogP contribution in [0, 0.1) is 0 Å². The Bertz CT molecular complexity index is 380. The van der Waals surface area contributed by atoms with Crippen LogP contribution < -0.4 is 0 Å². The van der Waals surface area contributed by atoms with Crippen molar-refractivity contribution in [2.45, 2.75) is 32.2 Å². The van der Waals surface area contributed by atoms with Crippen LogP contribution in [0.3, 0.4) is 0 Å². The molecule has 0 aromatic carbocycles. The predicted molar refractivity (Wildman–Crippen MR) is 58.1 cm³/mol. The first-order valence-corrected chi connectivity index (χ1v) is 5.97. The number of rotatable bonds is 3. The molecule has 1 fully saturated rings. The molecule has 0 N–H and O–H groups in total. The molecule has 1 unspecified atom stereocenters. The number of carbonyl (C=O) groups is 1. The maximum atomic E-state index is 11.6. The number of likely N-dealkylation sites (tertiary alicyclic amines) is 1. The molecule has 1 aliphatic heterocycles. The van der Waals surface area contributed by atoms with Crippen molar-refractivity contribution in [1.29, 1.82) is 0 Å². The van der Waals surface area contributed by atoms with E-state index in [1.807, 2.05) is 6.92 Å². The quantitative estimate of drug-likeness (QED) is 0.756. The van der Waals surface area contributed by atoms with Crippen molar-refractivity contribution >= 4 is 17.5 Å². The molecule has 2 rings (SSSR count). The summed E-state index contributed by atoms with van der Waals surface area (Å²) in [5.74, 6) is 1.16. The summed E-state index contributed by atoms with van der Waals surface area (Å²) in [4.78, 5) is 17.6. The number of alkyl halides is 1. The minimum atomic E-state index is -0.0629. The van der Waals surface area contributed by atoms with Crippen LogP contribution in [-0.4, -0.2) is 33.4 Å². The molecule has 0 bridgehead atoms. The molecule has 0 aliphatic carbocycles. The Morgan fingerprint density at radius 1 is 1.69 bits per heavy atom. The Balaban J connectivity index is 2.16. The Labute approximate surface area is 98.8 Å². The second kappa shape index (κ2) is 4.82. The summed E-state index contributed by atoms with van der Waals surface area (Å²) < 4.78 is 5.06. The second-order valence-corrected chi connectivity index (χ2v) is 4.05. The van der Waals surface area contributed by atoms with Gasteiger partial charge in [0.15, 0.2) is 5.82 Å². The van der Waals surface area contributed by atoms with Gasteiger partial charge in [-0.15, -0.1) is 11.6 Å². The molecule has 0 saturated carbocycles. The molecule has 2 heterocycles. The lowest BCUT2D eigenvalue weighted by atomic mass is 10.2. The maximum Gasteiger partial charge on any atom is 0.238 e. The third kappa shape index (κ3) is 2.04. The molecule has 0 radical (unpaired) electrons. The lowest BCUT2D eigenvalue weighted by molar-refractivity contribution is -0.129. The lowest BCUT2D eigenvalue weighted by Gasteiger charge is -2.20. The van der Waals surface area contributed by atoms with Gasteiger partial charge in [0.25, 0.3) is 0 Å². The Hall–Kier alpha value is -1.10. The van der Waals surface area contributed by atoms with Crippen LogP contribution in [-0.2, 0) is 11.2 Å². The van der Waals surface area contributed by atoms with Gasteiger partial charge in [0.1, 0.15) is 5.88 Å². The fourth-order valence-electron chi connectivity index (χ4n) is 1.96. The number of aromatic nitrogens is 2. The van der Waals surface area contributed by atoms with Crippen LogP contribution in [0.2, 0.25) is 0 Å². The summed E-state index contributed by atoms with van der Waals surface area (Å²) >= 11 is 5.56. The normalized spacial score (nSPS) is 20.4. The standard InChI is InChI=1S/C10H14ClN3O2/c1-2-8-12-10(13-16-8)7-4-3-5-14(7)9(15)6-11/h7H,2-6H2,1H3. The van der Waals surface area contributed by atoms with Crippen molar-refractivity contribution in [2.75, 3.05) is 12.4 Å². The Kier molecular flexibility index (Phi) is 3.43. The van der Waals surface area contributed by atoms with Crippen LogP contribution in [0.1, 0.15) is 37.5 Å². The maximum absolute atomic E-state index is 11.6. The minimum Gasteiger partial charge on any atom is -0.339 e. The second-order valence-electron chi connectivity index (χ2n) is 3.78. The molecule has 1 aromatic rings. The summed E-state index contributed by atoms with van der Waals surface area (Å²) in [5.41, 5.74) is 0. The lowest BCUT2D eigenvalue weighted by Crippen LogP contribution is -2.31. The van der Waals surface area contributed by atoms with Crippen molar-refractivity contribution in [1.82, 2.24) is 15.0 Å². The molecular weight excluding hydrogens is 230 g/mol. The van der Waals surface area contributed by atoms with Gasteiger partial charge in [-0.3, -0.25) is 4.79 Å². The van der Waals surface area contributed by atoms with Crippen molar-refractivity contribution in [3.8, 4) is 0 Å². The molecule has 1 atom stereocenters. The molecule has 1 amide bonds. The highest BCUT2D eigenvalue weighted by atomic mass is 35.5. The third-order valence-corrected chi connectivity index (χ3v) is 3.00. The number of carbonyl (C=O) groups excluding carboxylic acids is 1. The van der Waals surface area contributed by atoms with Gasteiger partial charge in [-0.05, 0) is 12.8 Å². The molecule has 88 valence electrons. The molecule has 1 aromatic heterocycles. The van der Waals surface area contributed by atoms with Crippen molar-refractivity contribution in [2.24, 2.45) is 0 Å². The number of nitrogens with zero attached hydrogens (tertiary/aromatic N) is 3. The summed E-state index contributed by atoms with van der Waals surface area (Å²) in [7, 11) is 0. The molecule has 5 nitrogen and oxygen atoms in total. The SMILES string of the molecule is CCc1nc(C2CCCN2C(=O)CCl)no1. The first-order chi connectivity index (χ1) is 7.76. The monoisotopic (exact) mass is 243 g/mol. The molecule has 1 aliphatic rings. The van der Waals surface area contributed by atoms with Crippen LogP contribution in [0.4, 0.5) is 0 Å². The predicted octanol–water partition coefficient (Wildman–Crippen LogP) is 1.53. The molecule has 0 spiro atoms. The van der Waals surface area contributed by atoms with Crippen LogP contribution in [0.15, 0.2) is 4.52 Å². The van der Waals surface area contributed by atoms with E-state index in [-0.39, 0.29) is 17.8 Å². The number of hydrogen-bond donors (Lipinski definition) is 0. The average Bonchev–Trinajstić information content (AvgIpc) is 2.95. The van der Waals surface area contributed by atoms with Gasteiger partial charge in [-0.1, -0.05) is 12.1 Å². The van der Waals surface area contributed by atoms with E-state index < -0.39 is 0 Å². The van der Waals surface area contributed by atoms with Crippen LogP contribution >= 0.6 is 11.6 Å². The van der Waals surface area contributed by atoms with Gasteiger partial charge in [-0.25, -0.2) is 0 Å². The molecule has 16 heavy (non-hydrogen) atoms. The fourth-order valence-corrected chi connectivity index (χ4v) is 2.11. The van der Waals surface area contributed by atoms with E-state index in [4.69, 9.17) is 16.1 Å². The van der Waals surface area contributed by atoms with Crippen molar-refractivity contribution in [3.05, 3.63) is 11.7 Å². The summed E-state index contributed by atoms with van der Waals surface area (Å²) in [6.45, 7) is 2.68. The fraction of sp³-hybridized carbons (Fsp3) is 0.700. The average molecular weight is 244 g/mol. The smallest absolute Gasteiger partial charge is 0.238 e. The third-order valence-electron chi connectivity index (χ3n) is 2.77. The van der Waals surface area contributed by atoms with E-state index in [9.17, 15) is 4.79 Å². The first kappa shape index (κ1) is 11.4. The Morgan fingerprint density at radius 3 is 3.12 bits per heavy atom. The van der Waals surface area contributed by atoms with Crippen molar-refractivity contribution < 1.29 is 9.32 Å². The van der Waals surface area contributed by atoms with Gasteiger partial charge in [0.2, 0.25) is 11.8 Å². The van der Waals surface area contributed by atoms with Crippen molar-refractivity contribution in [3.63, 3.8) is 0 Å². The topological polar surface area (TPSA) is 59.2 Å². The molecule has 6 heteroatoms. The van der Waals surface area contributed by atoms with Gasteiger partial charge >= 0.3 is 0 Å². The van der Waals surface area contributed by atoms with Gasteiger partial charge < -0.3 is 9.42 Å². The highest BCUT2D eigenvalue weighted by Gasteiger charge is 2.32. The van der Waals surface area contributed by atoms with Crippen LogP contribution in [0.5, 0.6) is 0 Å². The Morgan fingerprint density at radius 2 is 2.50 bits per heavy atom. The minimum absolute atomic E-state index is 0.00892. The summed E-state index contributed by atoms with van der Waals surface area (Å²) in [6.07, 6.45) is 2.55. The van der Waals surface area contributed by atoms with E-state index in [1.165, 1.54) is 0 Å². The number of aryl methyl sites for hydroxylation is 1. The van der Waals surface area contributed by atoms with E-state index >= 15 is 0 Å². The van der Waals surface area contributed by atoms with E-state index in [0.717, 1.165) is 19.4 Å². The van der Waals surface area contributed by atoms with Gasteiger partial charge in [-0.2, -0.15) is 4.98 Å². The highest BCUT2D eigenvalue weighted by Crippen LogP contribution is 2.30. The number of amides is 1. The highest BCUT2D eigenvalue weighted by molar-refractivity contribution is 6.27. The van der Waals surface area contributed by atoms with Gasteiger partial charge in [0.05, 0.1) is 6.04 Å². The number of halogens is 1. The van der Waals surface area contributed by atoms with Gasteiger partial charge in [0, 0.05) is 13.0 Å². The first-order valence-electron chi connectivity index (χ1n) is 5.44. The number of hydrogen-bond acceptors (Lipinski definition) is 4. The van der Waals surface area contributed by atoms with E-state index in [1.54, 1.807) is 4.90 Å². The summed E-state index contributed by atoms with van der Waals surface area (Å²) in [6, 6.07) is -0.0599. The zero-order valence-corrected chi connectivity index (χ0v) is 9.90. The van der Waals surface area contributed by atoms with E-state index in [2.05, 4.69) is 10.1 Å².